The highest BCUT2D eigenvalue weighted by molar-refractivity contribution is 6.12. The van der Waals surface area contributed by atoms with Gasteiger partial charge in [-0.2, -0.15) is 0 Å². The molecule has 8 heteroatoms. The van der Waals surface area contributed by atoms with Crippen LogP contribution in [0.4, 0.5) is 0 Å². The third-order valence-corrected chi connectivity index (χ3v) is 6.50. The number of carbonyl (C=O) groups excluding carboxylic acids is 5. The molecule has 1 aliphatic heterocycles. The molecule has 3 rings (SSSR count). The highest BCUT2D eigenvalue weighted by Gasteiger charge is 2.74. The molecular weight excluding hydrogens is 368 g/mol. The summed E-state index contributed by atoms with van der Waals surface area (Å²) in [6.45, 7) is 6.11. The molecule has 0 amide bonds. The van der Waals surface area contributed by atoms with Gasteiger partial charge in [0.1, 0.15) is 23.4 Å². The summed E-state index contributed by atoms with van der Waals surface area (Å²) >= 11 is 0. The van der Waals surface area contributed by atoms with Crippen molar-refractivity contribution in [2.24, 2.45) is 22.7 Å². The van der Waals surface area contributed by atoms with Crippen molar-refractivity contribution in [3.05, 3.63) is 0 Å². The van der Waals surface area contributed by atoms with Crippen LogP contribution in [0.25, 0.3) is 0 Å². The van der Waals surface area contributed by atoms with Crippen LogP contribution in [0.2, 0.25) is 0 Å². The Labute approximate surface area is 163 Å². The summed E-state index contributed by atoms with van der Waals surface area (Å²) in [5.74, 6) is -3.08. The van der Waals surface area contributed by atoms with Crippen molar-refractivity contribution < 1.29 is 38.2 Å². The summed E-state index contributed by atoms with van der Waals surface area (Å²) in [5.41, 5.74) is -1.97. The number of Topliss-reactive ketones (excluding diaryl/α,β-unsaturated/α-hetero) is 2. The molecular formula is C20H26O8. The van der Waals surface area contributed by atoms with E-state index in [0.717, 1.165) is 0 Å². The van der Waals surface area contributed by atoms with Gasteiger partial charge in [-0.3, -0.25) is 19.2 Å². The van der Waals surface area contributed by atoms with Gasteiger partial charge in [-0.05, 0) is 40.0 Å². The van der Waals surface area contributed by atoms with E-state index in [0.29, 0.717) is 12.8 Å². The topological polar surface area (TPSA) is 113 Å². The molecule has 5 atom stereocenters. The van der Waals surface area contributed by atoms with Crippen LogP contribution in [-0.4, -0.2) is 48.3 Å². The van der Waals surface area contributed by atoms with E-state index in [-0.39, 0.29) is 30.5 Å². The second-order valence-electron chi connectivity index (χ2n) is 8.72. The van der Waals surface area contributed by atoms with Gasteiger partial charge < -0.3 is 14.2 Å². The van der Waals surface area contributed by atoms with E-state index in [9.17, 15) is 24.0 Å². The molecule has 5 unspecified atom stereocenters. The number of fused-ring (bicyclic) bond motifs is 1. The Kier molecular flexibility index (Phi) is 5.10. The predicted molar refractivity (Wildman–Crippen MR) is 93.7 cm³/mol. The zero-order chi connectivity index (χ0) is 20.9. The van der Waals surface area contributed by atoms with E-state index in [2.05, 4.69) is 0 Å². The Hall–Kier alpha value is -2.25. The monoisotopic (exact) mass is 394 g/mol. The molecule has 2 saturated carbocycles. The summed E-state index contributed by atoms with van der Waals surface area (Å²) in [6, 6.07) is 0. The fourth-order valence-corrected chi connectivity index (χ4v) is 4.58. The van der Waals surface area contributed by atoms with Gasteiger partial charge in [-0.15, -0.1) is 0 Å². The maximum Gasteiger partial charge on any atom is 0.344 e. The van der Waals surface area contributed by atoms with E-state index in [1.54, 1.807) is 13.8 Å². The number of rotatable bonds is 8. The minimum atomic E-state index is -1.28. The largest absolute Gasteiger partial charge is 0.457 e. The molecule has 2 bridgehead atoms. The summed E-state index contributed by atoms with van der Waals surface area (Å²) < 4.78 is 15.9. The molecule has 0 radical (unpaired) electrons. The van der Waals surface area contributed by atoms with Crippen LogP contribution in [0, 0.1) is 22.7 Å². The Balaban J connectivity index is 1.62. The first-order valence-electron chi connectivity index (χ1n) is 9.63. The van der Waals surface area contributed by atoms with E-state index >= 15 is 0 Å². The molecule has 154 valence electrons. The van der Waals surface area contributed by atoms with Gasteiger partial charge in [0.25, 0.3) is 0 Å². The minimum absolute atomic E-state index is 0.191. The van der Waals surface area contributed by atoms with Crippen LogP contribution in [0.3, 0.4) is 0 Å². The average molecular weight is 394 g/mol. The van der Waals surface area contributed by atoms with Gasteiger partial charge in [0.05, 0.1) is 11.8 Å². The van der Waals surface area contributed by atoms with Crippen LogP contribution >= 0.6 is 0 Å². The molecule has 0 aromatic rings. The minimum Gasteiger partial charge on any atom is -0.457 e. The van der Waals surface area contributed by atoms with Gasteiger partial charge in [0.15, 0.2) is 12.4 Å². The first-order chi connectivity index (χ1) is 13.0. The zero-order valence-electron chi connectivity index (χ0n) is 16.6. The lowest BCUT2D eigenvalue weighted by atomic mass is 9.69. The summed E-state index contributed by atoms with van der Waals surface area (Å²) in [4.78, 5) is 60.5. The van der Waals surface area contributed by atoms with E-state index in [1.807, 2.05) is 6.92 Å². The number of hydrogen-bond acceptors (Lipinski definition) is 8. The van der Waals surface area contributed by atoms with Crippen molar-refractivity contribution in [3.8, 4) is 0 Å². The van der Waals surface area contributed by atoms with Crippen molar-refractivity contribution >= 4 is 29.5 Å². The quantitative estimate of drug-likeness (QED) is 0.345. The van der Waals surface area contributed by atoms with Crippen molar-refractivity contribution in [1.29, 1.82) is 0 Å². The van der Waals surface area contributed by atoms with Crippen LogP contribution < -0.4 is 0 Å². The Morgan fingerprint density at radius 1 is 1.25 bits per heavy atom. The van der Waals surface area contributed by atoms with Crippen LogP contribution in [0.15, 0.2) is 0 Å². The molecule has 3 aliphatic rings. The Morgan fingerprint density at radius 3 is 2.54 bits per heavy atom. The maximum absolute atomic E-state index is 12.6. The number of carbonyl (C=O) groups is 5. The lowest BCUT2D eigenvalue weighted by Crippen LogP contribution is -2.45. The smallest absolute Gasteiger partial charge is 0.344 e. The highest BCUT2D eigenvalue weighted by atomic mass is 16.6. The van der Waals surface area contributed by atoms with Gasteiger partial charge in [-0.1, -0.05) is 6.92 Å². The van der Waals surface area contributed by atoms with Crippen LogP contribution in [-0.2, 0) is 38.2 Å². The normalized spacial score (nSPS) is 32.8. The van der Waals surface area contributed by atoms with Crippen molar-refractivity contribution in [2.75, 3.05) is 6.61 Å². The van der Waals surface area contributed by atoms with Crippen LogP contribution in [0.5, 0.6) is 0 Å². The second-order valence-corrected chi connectivity index (χ2v) is 8.72. The molecule has 0 aromatic heterocycles. The van der Waals surface area contributed by atoms with Gasteiger partial charge in [0.2, 0.25) is 0 Å². The molecule has 8 nitrogen and oxygen atoms in total. The average Bonchev–Trinajstić information content (AvgIpc) is 3.21. The fourth-order valence-electron chi connectivity index (χ4n) is 4.58. The van der Waals surface area contributed by atoms with Crippen molar-refractivity contribution in [3.63, 3.8) is 0 Å². The zero-order valence-corrected chi connectivity index (χ0v) is 16.6. The SMILES string of the molecule is CCC(C)(C)C(=O)OCC(=O)OC1C2CC3C1OC(=O)C3(C(=O)CC(C)=O)C2. The Bertz CT molecular complexity index is 738. The lowest BCUT2D eigenvalue weighted by molar-refractivity contribution is -0.173. The van der Waals surface area contributed by atoms with E-state index in [1.165, 1.54) is 6.92 Å². The molecule has 3 fully saturated rings. The maximum atomic E-state index is 12.6. The van der Waals surface area contributed by atoms with Crippen molar-refractivity contribution in [2.45, 2.75) is 65.6 Å². The second kappa shape index (κ2) is 6.97. The van der Waals surface area contributed by atoms with E-state index < -0.39 is 53.3 Å². The number of ether oxygens (including phenoxy) is 3. The van der Waals surface area contributed by atoms with Gasteiger partial charge in [-0.25, -0.2) is 4.79 Å². The Morgan fingerprint density at radius 2 is 1.93 bits per heavy atom. The molecule has 28 heavy (non-hydrogen) atoms. The third-order valence-electron chi connectivity index (χ3n) is 6.50. The standard InChI is InChI=1S/C20H26O8/c1-5-19(3,4)17(24)26-9-14(23)27-15-11-7-12-16(15)28-18(25)20(12,8-11)13(22)6-10(2)21/h11-12,15-16H,5-9H2,1-4H3. The lowest BCUT2D eigenvalue weighted by Gasteiger charge is -2.30. The molecule has 1 heterocycles. The highest BCUT2D eigenvalue weighted by Crippen LogP contribution is 2.63. The summed E-state index contributed by atoms with van der Waals surface area (Å²) in [7, 11) is 0. The molecule has 0 aromatic carbocycles. The summed E-state index contributed by atoms with van der Waals surface area (Å²) in [5, 5.41) is 0. The molecule has 1 saturated heterocycles. The molecule has 0 spiro atoms. The summed E-state index contributed by atoms with van der Waals surface area (Å²) in [6.07, 6.45) is -0.310. The molecule has 0 N–H and O–H groups in total. The molecule has 2 aliphatic carbocycles. The first kappa shape index (κ1) is 20.5. The van der Waals surface area contributed by atoms with Crippen LogP contribution in [0.1, 0.15) is 53.4 Å². The first-order valence-corrected chi connectivity index (χ1v) is 9.63. The fraction of sp³-hybridized carbons (Fsp3) is 0.750. The number of hydrogen-bond donors (Lipinski definition) is 0. The van der Waals surface area contributed by atoms with Gasteiger partial charge in [0, 0.05) is 11.8 Å². The predicted octanol–water partition coefficient (Wildman–Crippen LogP) is 1.38. The number of esters is 3. The third kappa shape index (κ3) is 3.12. The number of ketones is 2. The van der Waals surface area contributed by atoms with Crippen molar-refractivity contribution in [1.82, 2.24) is 0 Å². The van der Waals surface area contributed by atoms with Gasteiger partial charge >= 0.3 is 17.9 Å². The van der Waals surface area contributed by atoms with E-state index in [4.69, 9.17) is 14.2 Å².